The molecular weight excluding hydrogens is 741 g/mol. The number of aryl methyl sites for hydroxylation is 1. The van der Waals surface area contributed by atoms with Gasteiger partial charge >= 0.3 is 5.69 Å². The van der Waals surface area contributed by atoms with E-state index in [1.165, 1.54) is 23.9 Å². The number of nitrogens with zero attached hydrogens (tertiary/aromatic N) is 7. The molecule has 0 N–H and O–H groups in total. The average molecular weight is 789 g/mol. The highest BCUT2D eigenvalue weighted by atomic mass is 35.5. The molecule has 2 atom stereocenters. The minimum atomic E-state index is -1.10. The van der Waals surface area contributed by atoms with Gasteiger partial charge in [-0.3, -0.25) is 0 Å². The molecule has 8 rings (SSSR count). The average Bonchev–Trinajstić information content (AvgIpc) is 3.94. The molecule has 0 radical (unpaired) electrons. The zero-order valence-electron chi connectivity index (χ0n) is 31.1. The van der Waals surface area contributed by atoms with E-state index in [-0.39, 0.29) is 11.8 Å². The predicted molar refractivity (Wildman–Crippen MR) is 213 cm³/mol. The Hall–Kier alpha value is -4.33. The summed E-state index contributed by atoms with van der Waals surface area (Å²) in [4.78, 5) is 22.2. The molecule has 3 aromatic carbocycles. The molecule has 2 saturated heterocycles. The van der Waals surface area contributed by atoms with E-state index >= 15 is 0 Å². The molecule has 12 nitrogen and oxygen atoms in total. The molecule has 3 aliphatic rings. The van der Waals surface area contributed by atoms with Crippen LogP contribution >= 0.6 is 23.2 Å². The molecule has 2 aliphatic heterocycles. The van der Waals surface area contributed by atoms with Gasteiger partial charge in [0.15, 0.2) is 0 Å². The Morgan fingerprint density at radius 2 is 1.58 bits per heavy atom. The molecule has 290 valence electrons. The van der Waals surface area contributed by atoms with Crippen molar-refractivity contribution in [3.8, 4) is 11.4 Å². The van der Waals surface area contributed by atoms with Crippen molar-refractivity contribution in [2.24, 2.45) is 0 Å². The zero-order chi connectivity index (χ0) is 37.8. The Labute approximate surface area is 331 Å². The highest BCUT2D eigenvalue weighted by Crippen LogP contribution is 2.40. The smallest absolute Gasteiger partial charge is 0.350 e. The highest BCUT2D eigenvalue weighted by molar-refractivity contribution is 6.35. The van der Waals surface area contributed by atoms with Crippen LogP contribution in [0.3, 0.4) is 0 Å². The van der Waals surface area contributed by atoms with Crippen molar-refractivity contribution in [2.45, 2.75) is 70.1 Å². The van der Waals surface area contributed by atoms with Crippen LogP contribution < -0.4 is 20.2 Å². The Bertz CT molecular complexity index is 2080. The van der Waals surface area contributed by atoms with Crippen molar-refractivity contribution < 1.29 is 18.9 Å². The minimum Gasteiger partial charge on any atom is -0.491 e. The normalized spacial score (nSPS) is 20.7. The van der Waals surface area contributed by atoms with Gasteiger partial charge in [-0.25, -0.2) is 19.0 Å². The number of rotatable bonds is 13. The van der Waals surface area contributed by atoms with Crippen molar-refractivity contribution in [1.29, 1.82) is 0 Å². The van der Waals surface area contributed by atoms with E-state index < -0.39 is 5.79 Å². The molecule has 0 spiro atoms. The summed E-state index contributed by atoms with van der Waals surface area (Å²) in [7, 11) is 0. The third-order valence-corrected chi connectivity index (χ3v) is 11.3. The van der Waals surface area contributed by atoms with E-state index in [0.717, 1.165) is 61.8 Å². The summed E-state index contributed by atoms with van der Waals surface area (Å²) in [6.45, 7) is 7.42. The Morgan fingerprint density at radius 3 is 2.25 bits per heavy atom. The number of imidazole rings is 1. The standard InChI is InChI=1S/C41H47Cl2N7O5/c1-30-45-49(23-24-52-35-5-3-2-4-6-35)40(51)50(30)34-10-8-32(9-11-34)47-19-21-48(22-20-47)33-12-14-36(15-13-33)53-26-37-27-54-41(55-37,28-46-18-17-44-29-46)38-16-7-31(42)25-39(38)43/h7-18,25,29,35,37H,2-6,19-24,26-28H2,1H3. The van der Waals surface area contributed by atoms with Crippen LogP contribution in [0, 0.1) is 6.92 Å². The second-order valence-corrected chi connectivity index (χ2v) is 15.3. The monoisotopic (exact) mass is 787 g/mol. The summed E-state index contributed by atoms with van der Waals surface area (Å²) in [6, 6.07) is 21.7. The van der Waals surface area contributed by atoms with Crippen molar-refractivity contribution in [3.05, 3.63) is 117 Å². The number of hydrogen-bond acceptors (Lipinski definition) is 9. The maximum absolute atomic E-state index is 13.3. The van der Waals surface area contributed by atoms with Gasteiger partial charge < -0.3 is 33.3 Å². The first-order chi connectivity index (χ1) is 26.8. The van der Waals surface area contributed by atoms with Crippen LogP contribution in [0.25, 0.3) is 5.69 Å². The van der Waals surface area contributed by atoms with E-state index in [0.29, 0.717) is 60.4 Å². The number of hydrogen-bond donors (Lipinski definition) is 0. The van der Waals surface area contributed by atoms with Gasteiger partial charge in [-0.1, -0.05) is 48.5 Å². The third kappa shape index (κ3) is 8.58. The molecule has 4 heterocycles. The molecule has 2 unspecified atom stereocenters. The maximum atomic E-state index is 13.3. The second-order valence-electron chi connectivity index (χ2n) is 14.5. The molecule has 3 fully saturated rings. The van der Waals surface area contributed by atoms with Crippen LogP contribution in [0.4, 0.5) is 11.4 Å². The number of piperazine rings is 1. The van der Waals surface area contributed by atoms with Crippen LogP contribution in [0.5, 0.6) is 5.75 Å². The topological polar surface area (TPSA) is 101 Å². The largest absolute Gasteiger partial charge is 0.491 e. The third-order valence-electron chi connectivity index (χ3n) is 10.8. The number of anilines is 2. The summed E-state index contributed by atoms with van der Waals surface area (Å²) in [5, 5.41) is 5.54. The molecule has 5 aromatic rings. The van der Waals surface area contributed by atoms with Gasteiger partial charge in [0.1, 0.15) is 24.3 Å². The summed E-state index contributed by atoms with van der Waals surface area (Å²) >= 11 is 12.8. The molecule has 0 bridgehead atoms. The molecule has 1 aliphatic carbocycles. The minimum absolute atomic E-state index is 0.133. The lowest BCUT2D eigenvalue weighted by Gasteiger charge is -2.37. The van der Waals surface area contributed by atoms with Crippen LogP contribution in [0.1, 0.15) is 43.5 Å². The Balaban J connectivity index is 0.822. The van der Waals surface area contributed by atoms with Gasteiger partial charge in [-0.05, 0) is 80.4 Å². The van der Waals surface area contributed by atoms with Crippen LogP contribution in [-0.4, -0.2) is 82.1 Å². The van der Waals surface area contributed by atoms with Gasteiger partial charge in [-0.15, -0.1) is 0 Å². The van der Waals surface area contributed by atoms with Gasteiger partial charge in [0.2, 0.25) is 5.79 Å². The van der Waals surface area contributed by atoms with Crippen molar-refractivity contribution >= 4 is 34.6 Å². The number of aromatic nitrogens is 5. The van der Waals surface area contributed by atoms with Gasteiger partial charge in [0, 0.05) is 60.5 Å². The summed E-state index contributed by atoms with van der Waals surface area (Å²) < 4.78 is 30.2. The number of halogens is 2. The van der Waals surface area contributed by atoms with Crippen LogP contribution in [0.2, 0.25) is 10.0 Å². The first-order valence-electron chi connectivity index (χ1n) is 19.2. The van der Waals surface area contributed by atoms with E-state index in [1.807, 2.05) is 48.0 Å². The van der Waals surface area contributed by atoms with E-state index in [9.17, 15) is 4.79 Å². The van der Waals surface area contributed by atoms with E-state index in [4.69, 9.17) is 42.1 Å². The Kier molecular flexibility index (Phi) is 11.5. The quantitative estimate of drug-likeness (QED) is 0.127. The SMILES string of the molecule is Cc1nn(CCOC2CCCCC2)c(=O)n1-c1ccc(N2CCN(c3ccc(OCC4COC(Cn5ccnc5)(c5ccc(Cl)cc5Cl)O4)cc3)CC2)cc1. The second kappa shape index (κ2) is 16.8. The summed E-state index contributed by atoms with van der Waals surface area (Å²) in [5.41, 5.74) is 3.68. The number of benzene rings is 3. The fraction of sp³-hybridized carbons (Fsp3) is 0.439. The molecule has 0 amide bonds. The first-order valence-corrected chi connectivity index (χ1v) is 19.9. The fourth-order valence-electron chi connectivity index (χ4n) is 7.85. The van der Waals surface area contributed by atoms with Gasteiger partial charge in [0.25, 0.3) is 0 Å². The first kappa shape index (κ1) is 37.6. The van der Waals surface area contributed by atoms with E-state index in [2.05, 4.69) is 44.1 Å². The van der Waals surface area contributed by atoms with Crippen molar-refractivity contribution in [3.63, 3.8) is 0 Å². The predicted octanol–water partition coefficient (Wildman–Crippen LogP) is 6.87. The molecule has 14 heteroatoms. The summed E-state index contributed by atoms with van der Waals surface area (Å²) in [5.74, 6) is 0.330. The van der Waals surface area contributed by atoms with E-state index in [1.54, 1.807) is 29.2 Å². The zero-order valence-corrected chi connectivity index (χ0v) is 32.6. The highest BCUT2D eigenvalue weighted by Gasteiger charge is 2.45. The molecule has 2 aromatic heterocycles. The van der Waals surface area contributed by atoms with Crippen molar-refractivity contribution in [1.82, 2.24) is 23.9 Å². The van der Waals surface area contributed by atoms with Crippen LogP contribution in [0.15, 0.2) is 90.2 Å². The summed E-state index contributed by atoms with van der Waals surface area (Å²) in [6.07, 6.45) is 11.3. The number of ether oxygens (including phenoxy) is 4. The lowest BCUT2D eigenvalue weighted by atomic mass is 9.98. The molecule has 1 saturated carbocycles. The molecule has 55 heavy (non-hydrogen) atoms. The van der Waals surface area contributed by atoms with Gasteiger partial charge in [-0.2, -0.15) is 5.10 Å². The maximum Gasteiger partial charge on any atom is 0.350 e. The van der Waals surface area contributed by atoms with Crippen LogP contribution in [-0.2, 0) is 33.1 Å². The van der Waals surface area contributed by atoms with Crippen molar-refractivity contribution in [2.75, 3.05) is 55.8 Å². The lowest BCUT2D eigenvalue weighted by Crippen LogP contribution is -2.46. The van der Waals surface area contributed by atoms with Gasteiger partial charge in [0.05, 0.1) is 49.4 Å². The lowest BCUT2D eigenvalue weighted by molar-refractivity contribution is -0.189. The molecular formula is C41H47Cl2N7O5. The fourth-order valence-corrected chi connectivity index (χ4v) is 8.40. The Morgan fingerprint density at radius 1 is 0.891 bits per heavy atom.